The molecule has 8 heteroatoms. The summed E-state index contributed by atoms with van der Waals surface area (Å²) in [6, 6.07) is 2.20. The summed E-state index contributed by atoms with van der Waals surface area (Å²) in [5, 5.41) is 0. The predicted octanol–water partition coefficient (Wildman–Crippen LogP) is 1.99. The summed E-state index contributed by atoms with van der Waals surface area (Å²) in [6.45, 7) is 3.82. The molecule has 1 aliphatic heterocycles. The number of benzene rings is 1. The average Bonchev–Trinajstić information content (AvgIpc) is 2.44. The minimum absolute atomic E-state index is 0. The molecule has 0 radical (unpaired) electrons. The van der Waals surface area contributed by atoms with Gasteiger partial charge in [0, 0.05) is 26.2 Å². The summed E-state index contributed by atoms with van der Waals surface area (Å²) in [4.78, 5) is 0.184. The lowest BCUT2D eigenvalue weighted by atomic mass is 10.0. The molecule has 23 heavy (non-hydrogen) atoms. The first-order valence-corrected chi connectivity index (χ1v) is 8.76. The van der Waals surface area contributed by atoms with E-state index in [-0.39, 0.29) is 36.0 Å². The van der Waals surface area contributed by atoms with Crippen molar-refractivity contribution in [3.05, 3.63) is 29.1 Å². The summed E-state index contributed by atoms with van der Waals surface area (Å²) in [5.74, 6) is -0.428. The molecule has 132 valence electrons. The van der Waals surface area contributed by atoms with E-state index >= 15 is 0 Å². The highest BCUT2D eigenvalue weighted by atomic mass is 35.5. The SMILES string of the molecule is COC1CCN(S(=O)(=O)c2c(C)cc(F)cc2C)C(CN)C1.Cl. The first-order chi connectivity index (χ1) is 10.3. The van der Waals surface area contributed by atoms with Crippen molar-refractivity contribution in [2.75, 3.05) is 20.2 Å². The molecule has 0 aromatic heterocycles. The molecule has 5 nitrogen and oxygen atoms in total. The fourth-order valence-electron chi connectivity index (χ4n) is 3.16. The van der Waals surface area contributed by atoms with Crippen LogP contribution in [0.5, 0.6) is 0 Å². The number of methoxy groups -OCH3 is 1. The first kappa shape index (κ1) is 20.3. The lowest BCUT2D eigenvalue weighted by molar-refractivity contribution is 0.0401. The molecule has 2 N–H and O–H groups in total. The van der Waals surface area contributed by atoms with Gasteiger partial charge in [0.25, 0.3) is 0 Å². The van der Waals surface area contributed by atoms with Crippen molar-refractivity contribution in [1.82, 2.24) is 4.31 Å². The quantitative estimate of drug-likeness (QED) is 0.884. The van der Waals surface area contributed by atoms with Crippen LogP contribution in [-0.2, 0) is 14.8 Å². The molecule has 2 rings (SSSR count). The van der Waals surface area contributed by atoms with Crippen LogP contribution in [-0.4, -0.2) is 45.1 Å². The molecule has 1 saturated heterocycles. The fourth-order valence-corrected chi connectivity index (χ4v) is 5.24. The van der Waals surface area contributed by atoms with Crippen LogP contribution in [0, 0.1) is 19.7 Å². The average molecular weight is 367 g/mol. The predicted molar refractivity (Wildman–Crippen MR) is 89.9 cm³/mol. The molecule has 1 aromatic carbocycles. The molecular weight excluding hydrogens is 343 g/mol. The zero-order chi connectivity index (χ0) is 16.5. The van der Waals surface area contributed by atoms with E-state index in [1.54, 1.807) is 21.0 Å². The molecule has 1 aromatic rings. The molecule has 1 heterocycles. The standard InChI is InChI=1S/C15H23FN2O3S.ClH/c1-10-6-12(16)7-11(2)15(10)22(19,20)18-5-4-14(21-3)8-13(18)9-17;/h6-7,13-14H,4-5,8-9,17H2,1-3H3;1H. The van der Waals surface area contributed by atoms with Crippen LogP contribution < -0.4 is 5.73 Å². The van der Waals surface area contributed by atoms with Crippen molar-refractivity contribution in [1.29, 1.82) is 0 Å². The Morgan fingerprint density at radius 3 is 2.39 bits per heavy atom. The van der Waals surface area contributed by atoms with Crippen molar-refractivity contribution in [2.45, 2.75) is 43.7 Å². The van der Waals surface area contributed by atoms with E-state index in [1.807, 2.05) is 0 Å². The van der Waals surface area contributed by atoms with Gasteiger partial charge in [0.2, 0.25) is 10.0 Å². The smallest absolute Gasteiger partial charge is 0.243 e. The Kier molecular flexibility index (Phi) is 6.97. The first-order valence-electron chi connectivity index (χ1n) is 7.32. The van der Waals surface area contributed by atoms with Crippen LogP contribution in [0.4, 0.5) is 4.39 Å². The minimum Gasteiger partial charge on any atom is -0.381 e. The highest BCUT2D eigenvalue weighted by Crippen LogP contribution is 2.30. The maximum Gasteiger partial charge on any atom is 0.243 e. The van der Waals surface area contributed by atoms with Gasteiger partial charge in [-0.2, -0.15) is 4.31 Å². The summed E-state index contributed by atoms with van der Waals surface area (Å²) >= 11 is 0. The third-order valence-corrected chi connectivity index (χ3v) is 6.47. The minimum atomic E-state index is -3.70. The molecule has 0 amide bonds. The molecule has 0 bridgehead atoms. The third kappa shape index (κ3) is 4.03. The van der Waals surface area contributed by atoms with E-state index in [4.69, 9.17) is 10.5 Å². The number of nitrogens with two attached hydrogens (primary N) is 1. The normalized spacial score (nSPS) is 22.7. The highest BCUT2D eigenvalue weighted by molar-refractivity contribution is 7.89. The number of ether oxygens (including phenoxy) is 1. The second kappa shape index (κ2) is 7.90. The van der Waals surface area contributed by atoms with Crippen molar-refractivity contribution in [3.8, 4) is 0 Å². The zero-order valence-corrected chi connectivity index (χ0v) is 15.2. The van der Waals surface area contributed by atoms with E-state index in [2.05, 4.69) is 0 Å². The molecular formula is C15H24ClFN2O3S. The Morgan fingerprint density at radius 2 is 1.91 bits per heavy atom. The molecule has 0 spiro atoms. The Labute approximate surface area is 143 Å². The van der Waals surface area contributed by atoms with Crippen LogP contribution >= 0.6 is 12.4 Å². The monoisotopic (exact) mass is 366 g/mol. The highest BCUT2D eigenvalue weighted by Gasteiger charge is 2.37. The van der Waals surface area contributed by atoms with E-state index < -0.39 is 15.8 Å². The number of hydrogen-bond acceptors (Lipinski definition) is 4. The van der Waals surface area contributed by atoms with Crippen molar-refractivity contribution in [2.24, 2.45) is 5.73 Å². The topological polar surface area (TPSA) is 72.6 Å². The number of nitrogens with zero attached hydrogens (tertiary/aromatic N) is 1. The third-order valence-electron chi connectivity index (χ3n) is 4.21. The molecule has 0 saturated carbocycles. The number of hydrogen-bond donors (Lipinski definition) is 1. The number of piperidine rings is 1. The Balaban J connectivity index is 0.00000264. The molecule has 2 atom stereocenters. The Bertz CT molecular complexity index is 631. The maximum atomic E-state index is 13.4. The van der Waals surface area contributed by atoms with Gasteiger partial charge in [0.05, 0.1) is 11.0 Å². The van der Waals surface area contributed by atoms with Gasteiger partial charge in [-0.1, -0.05) is 0 Å². The molecule has 2 unspecified atom stereocenters. The van der Waals surface area contributed by atoms with E-state index in [0.29, 0.717) is 30.5 Å². The van der Waals surface area contributed by atoms with Crippen LogP contribution in [0.2, 0.25) is 0 Å². The zero-order valence-electron chi connectivity index (χ0n) is 13.6. The Morgan fingerprint density at radius 1 is 1.35 bits per heavy atom. The van der Waals surface area contributed by atoms with Crippen LogP contribution in [0.1, 0.15) is 24.0 Å². The van der Waals surface area contributed by atoms with Gasteiger partial charge in [-0.25, -0.2) is 12.8 Å². The number of halogens is 2. The number of rotatable bonds is 4. The van der Waals surface area contributed by atoms with Gasteiger partial charge in [0.15, 0.2) is 0 Å². The lowest BCUT2D eigenvalue weighted by Crippen LogP contribution is -2.51. The van der Waals surface area contributed by atoms with Crippen LogP contribution in [0.15, 0.2) is 17.0 Å². The van der Waals surface area contributed by atoms with E-state index in [9.17, 15) is 12.8 Å². The fraction of sp³-hybridized carbons (Fsp3) is 0.600. The second-order valence-corrected chi connectivity index (χ2v) is 7.58. The van der Waals surface area contributed by atoms with Gasteiger partial charge in [-0.05, 0) is 49.9 Å². The van der Waals surface area contributed by atoms with Crippen LogP contribution in [0.3, 0.4) is 0 Å². The van der Waals surface area contributed by atoms with Crippen LogP contribution in [0.25, 0.3) is 0 Å². The maximum absolute atomic E-state index is 13.4. The molecule has 1 aliphatic rings. The van der Waals surface area contributed by atoms with Gasteiger partial charge in [0.1, 0.15) is 5.82 Å². The Hall–Kier alpha value is -0.730. The van der Waals surface area contributed by atoms with Gasteiger partial charge < -0.3 is 10.5 Å². The van der Waals surface area contributed by atoms with Crippen molar-refractivity contribution in [3.63, 3.8) is 0 Å². The van der Waals surface area contributed by atoms with Gasteiger partial charge in [-0.15, -0.1) is 12.4 Å². The number of sulfonamides is 1. The largest absolute Gasteiger partial charge is 0.381 e. The van der Waals surface area contributed by atoms with Gasteiger partial charge >= 0.3 is 0 Å². The van der Waals surface area contributed by atoms with Crippen molar-refractivity contribution < 1.29 is 17.5 Å². The second-order valence-electron chi connectivity index (χ2n) is 5.76. The van der Waals surface area contributed by atoms with E-state index in [0.717, 1.165) is 0 Å². The summed E-state index contributed by atoms with van der Waals surface area (Å²) in [6.07, 6.45) is 1.23. The van der Waals surface area contributed by atoms with E-state index in [1.165, 1.54) is 16.4 Å². The molecule has 1 fully saturated rings. The summed E-state index contributed by atoms with van der Waals surface area (Å²) in [7, 11) is -2.08. The van der Waals surface area contributed by atoms with Gasteiger partial charge in [-0.3, -0.25) is 0 Å². The number of aryl methyl sites for hydroxylation is 2. The van der Waals surface area contributed by atoms with Crippen molar-refractivity contribution >= 4 is 22.4 Å². The summed E-state index contributed by atoms with van der Waals surface area (Å²) in [5.41, 5.74) is 6.60. The lowest BCUT2D eigenvalue weighted by Gasteiger charge is -2.37. The molecule has 0 aliphatic carbocycles. The summed E-state index contributed by atoms with van der Waals surface area (Å²) < 4.78 is 46.2.